The molecule has 4 aromatic heterocycles. The molecule has 7 heterocycles. The Morgan fingerprint density at radius 1 is 0.705 bits per heavy atom. The number of methoxy groups -OCH3 is 2. The highest BCUT2D eigenvalue weighted by atomic mass is 16.6. The molecule has 0 radical (unpaired) electrons. The van der Waals surface area contributed by atoms with Gasteiger partial charge in [-0.1, -0.05) is 69.4 Å². The number of rotatable bonds is 43. The van der Waals surface area contributed by atoms with Crippen molar-refractivity contribution in [1.82, 2.24) is 60.6 Å². The van der Waals surface area contributed by atoms with E-state index in [2.05, 4.69) is 41.2 Å². The van der Waals surface area contributed by atoms with E-state index in [9.17, 15) is 58.8 Å². The number of benzene rings is 1. The molecule has 0 spiro atoms. The molecular formula is C92H138N14O23. The number of carbonyl (C=O) groups excluding carboxylic acids is 8. The SMILES string of the molecule is CO[C@H]1C[C@@H]2CC[C@@H](C)[C@@](O)(O2)C(=O)C(=O)N2CCCC[C@H]2C(=O)O[C@H]([C@H](N)C[C@@H]2CC[C@H](n3cc(CCCC(=O)NCCOCCOCCOCCC(=O)NCCOCCOCCOCCOCCC(=O)NCCCCn4nc(-c5cc6cc(O)ccc6[nH]5)c5c(N)ncnc54)nn3)[C@H](OC)C2)CC(=O)[C@H](C)/C=C(\C)[C@@H](O)[C@@H](O)C(=O)[C@H](C)C[C@H](C)/C=C/C=C/C=C/1C. The van der Waals surface area contributed by atoms with E-state index in [1.54, 1.807) is 62.6 Å². The predicted octanol–water partition coefficient (Wildman–Crippen LogP) is 6.31. The number of cyclic esters (lactones) is 1. The molecule has 15 atom stereocenters. The highest BCUT2D eigenvalue weighted by molar-refractivity contribution is 6.39. The Hall–Kier alpha value is -9.19. The van der Waals surface area contributed by atoms with E-state index in [4.69, 9.17) is 68.7 Å². The summed E-state index contributed by atoms with van der Waals surface area (Å²) in [4.78, 5) is 122. The third-order valence-corrected chi connectivity index (χ3v) is 24.2. The lowest BCUT2D eigenvalue weighted by Gasteiger charge is -2.42. The number of esters is 1. The Labute approximate surface area is 754 Å². The number of phenols is 1. The average molecular weight is 1810 g/mol. The number of unbranched alkanes of at least 4 members (excludes halogenated alkanes) is 1. The molecule has 5 aromatic rings. The first-order valence-corrected chi connectivity index (χ1v) is 45.6. The van der Waals surface area contributed by atoms with Crippen molar-refractivity contribution in [3.05, 3.63) is 90.1 Å². The van der Waals surface area contributed by atoms with E-state index in [1.165, 1.54) is 19.3 Å². The number of carbonyl (C=O) groups is 8. The van der Waals surface area contributed by atoms with Crippen molar-refractivity contribution in [2.75, 3.05) is 139 Å². The number of aromatic amines is 1. The molecule has 37 nitrogen and oxygen atoms in total. The van der Waals surface area contributed by atoms with Gasteiger partial charge in [0.05, 0.1) is 134 Å². The third kappa shape index (κ3) is 32.4. The van der Waals surface area contributed by atoms with Crippen LogP contribution >= 0.6 is 0 Å². The molecule has 9 rings (SSSR count). The van der Waals surface area contributed by atoms with Gasteiger partial charge in [0.25, 0.3) is 11.7 Å². The lowest BCUT2D eigenvalue weighted by Crippen LogP contribution is -2.61. The number of Topliss-reactive ketones (excluding diaryl/α,β-unsaturated/α-hetero) is 3. The predicted molar refractivity (Wildman–Crippen MR) is 477 cm³/mol. The Morgan fingerprint density at radius 3 is 2.02 bits per heavy atom. The fourth-order valence-corrected chi connectivity index (χ4v) is 16.7. The number of ether oxygens (including phenoxy) is 11. The second kappa shape index (κ2) is 54.0. The number of nitrogens with one attached hydrogen (secondary N) is 4. The number of hydrogen-bond acceptors (Lipinski definition) is 30. The summed E-state index contributed by atoms with van der Waals surface area (Å²) in [5, 5.41) is 68.4. The molecule has 2 bridgehead atoms. The summed E-state index contributed by atoms with van der Waals surface area (Å²) >= 11 is 0. The minimum absolute atomic E-state index is 0.00765. The second-order valence-corrected chi connectivity index (χ2v) is 34.1. The third-order valence-electron chi connectivity index (χ3n) is 24.2. The maximum atomic E-state index is 14.7. The van der Waals surface area contributed by atoms with Crippen molar-refractivity contribution >= 4 is 74.7 Å². The number of aryl methyl sites for hydroxylation is 2. The van der Waals surface area contributed by atoms with E-state index < -0.39 is 95.4 Å². The van der Waals surface area contributed by atoms with E-state index in [1.807, 2.05) is 56.5 Å². The lowest BCUT2D eigenvalue weighted by atomic mass is 9.79. The number of H-pyrrole nitrogens is 1. The van der Waals surface area contributed by atoms with Crippen LogP contribution < -0.4 is 27.4 Å². The fraction of sp³-hybridized carbons (Fsp3) is 0.663. The summed E-state index contributed by atoms with van der Waals surface area (Å²) in [7, 11) is 3.16. The lowest BCUT2D eigenvalue weighted by molar-refractivity contribution is -0.265. The van der Waals surface area contributed by atoms with Gasteiger partial charge in [0, 0.05) is 120 Å². The molecule has 2 saturated heterocycles. The zero-order valence-electron chi connectivity index (χ0n) is 76.2. The normalized spacial score (nSPS) is 26.2. The van der Waals surface area contributed by atoms with Gasteiger partial charge in [-0.3, -0.25) is 33.6 Å². The summed E-state index contributed by atoms with van der Waals surface area (Å²) < 4.78 is 67.0. The molecule has 3 fully saturated rings. The van der Waals surface area contributed by atoms with Crippen LogP contribution in [0, 0.1) is 29.6 Å². The van der Waals surface area contributed by atoms with Crippen LogP contribution in [0.2, 0.25) is 0 Å². The van der Waals surface area contributed by atoms with E-state index in [0.717, 1.165) is 39.9 Å². The number of nitrogens with zero attached hydrogens (tertiary/aromatic N) is 8. The minimum Gasteiger partial charge on any atom is -0.508 e. The molecule has 4 aliphatic rings. The number of nitrogen functional groups attached to an aromatic ring is 1. The van der Waals surface area contributed by atoms with Crippen molar-refractivity contribution in [3.63, 3.8) is 0 Å². The molecule has 1 aliphatic carbocycles. The topological polar surface area (TPSA) is 500 Å². The van der Waals surface area contributed by atoms with Crippen molar-refractivity contribution in [2.24, 2.45) is 35.3 Å². The van der Waals surface area contributed by atoms with Crippen LogP contribution in [-0.2, 0) is 103 Å². The van der Waals surface area contributed by atoms with Crippen molar-refractivity contribution in [3.8, 4) is 17.1 Å². The minimum atomic E-state index is -2.51. The monoisotopic (exact) mass is 1810 g/mol. The number of hydrogen-bond donors (Lipinski definition) is 10. The first-order valence-electron chi connectivity index (χ1n) is 45.6. The Morgan fingerprint density at radius 2 is 1.36 bits per heavy atom. The summed E-state index contributed by atoms with van der Waals surface area (Å²) in [6, 6.07) is 4.59. The van der Waals surface area contributed by atoms with Crippen LogP contribution in [-0.4, -0.2) is 299 Å². The number of phenolic OH excluding ortho intramolecular Hbond substituents is 1. The molecule has 37 heteroatoms. The zero-order valence-corrected chi connectivity index (χ0v) is 76.2. The maximum Gasteiger partial charge on any atom is 0.329 e. The largest absolute Gasteiger partial charge is 0.508 e. The molecule has 3 aliphatic heterocycles. The highest BCUT2D eigenvalue weighted by Gasteiger charge is 2.53. The number of amides is 4. The standard InChI is InChI=1S/C92H138N14O23/c1-59-17-10-9-11-18-60(2)76(119-7)55-69-25-22-64(6)92(118,129-69)87(115)90(116)104-33-14-12-20-74(104)91(117)128-77(56-75(108)61(3)50-63(5)85(113)86(114)84(112)62(4)49-59)70(93)51-65-23-27-73(78(52-65)120-8)106-57-67(101-103-106)19-16-21-79(109)96-31-37-123-41-45-125-43-39-122-36-29-81(111)97-32-38-124-42-46-127-48-47-126-44-40-121-35-28-80(110)95-30-13-15-34-105-89-82(88(94)98-58-99-89)83(102-105)72-54-66-53-68(107)24-26-71(66)100-72/h9-11,17-18,24,26,50,53-54,57-59,61-62,64-65,69-70,73-74,76-78,85-86,100,107,113-114,118H,12-16,19-23,25,27-49,51-52,55-56,93H2,1-8H3,(H,95,110)(H,96,109)(H,97,111)(H2,94,98,99)/b11-9+,17-10+,60-18+,63-50+/t59-,61-,62-,64-,65+,69+,70-,73+,74+,76+,77+,78-,85-,86+,92-/m1/s1. The van der Waals surface area contributed by atoms with E-state index in [0.29, 0.717) is 198 Å². The van der Waals surface area contributed by atoms with Crippen LogP contribution in [0.4, 0.5) is 5.82 Å². The summed E-state index contributed by atoms with van der Waals surface area (Å²) in [5.41, 5.74) is 17.9. The van der Waals surface area contributed by atoms with Crippen LogP contribution in [0.1, 0.15) is 169 Å². The molecule has 0 unspecified atom stereocenters. The molecule has 129 heavy (non-hydrogen) atoms. The van der Waals surface area contributed by atoms with Crippen LogP contribution in [0.25, 0.3) is 33.3 Å². The number of allylic oxidation sites excluding steroid dienone is 6. The van der Waals surface area contributed by atoms with Gasteiger partial charge in [0.2, 0.25) is 23.5 Å². The Bertz CT molecular complexity index is 4510. The quantitative estimate of drug-likeness (QED) is 0.00884. The van der Waals surface area contributed by atoms with E-state index in [-0.39, 0.29) is 118 Å². The van der Waals surface area contributed by atoms with Gasteiger partial charge in [0.15, 0.2) is 11.4 Å². The van der Waals surface area contributed by atoms with Gasteiger partial charge < -0.3 is 110 Å². The van der Waals surface area contributed by atoms with Crippen molar-refractivity contribution < 1.29 is 111 Å². The van der Waals surface area contributed by atoms with Crippen molar-refractivity contribution in [1.29, 1.82) is 0 Å². The van der Waals surface area contributed by atoms with Gasteiger partial charge in [-0.15, -0.1) is 5.10 Å². The zero-order chi connectivity index (χ0) is 92.8. The first-order chi connectivity index (χ1) is 62.2. The van der Waals surface area contributed by atoms with Crippen LogP contribution in [0.3, 0.4) is 0 Å². The number of aromatic nitrogens is 8. The number of anilines is 1. The van der Waals surface area contributed by atoms with Gasteiger partial charge in [-0.05, 0) is 151 Å². The highest BCUT2D eigenvalue weighted by Crippen LogP contribution is 2.40. The van der Waals surface area contributed by atoms with E-state index >= 15 is 0 Å². The maximum absolute atomic E-state index is 14.7. The van der Waals surface area contributed by atoms with Gasteiger partial charge >= 0.3 is 5.97 Å². The van der Waals surface area contributed by atoms with Gasteiger partial charge in [0.1, 0.15) is 53.7 Å². The van der Waals surface area contributed by atoms with Gasteiger partial charge in [-0.25, -0.2) is 24.1 Å². The summed E-state index contributed by atoms with van der Waals surface area (Å²) in [6.07, 6.45) is 15.3. The van der Waals surface area contributed by atoms with Crippen molar-refractivity contribution in [2.45, 2.75) is 231 Å². The Balaban J connectivity index is 0.588. The number of ketones is 3. The fourth-order valence-electron chi connectivity index (χ4n) is 16.7. The summed E-state index contributed by atoms with van der Waals surface area (Å²) in [6.45, 7) is 16.5. The second-order valence-electron chi connectivity index (χ2n) is 34.1. The molecule has 12 N–H and O–H groups in total. The molecule has 714 valence electrons. The number of aliphatic hydroxyl groups excluding tert-OH is 2. The average Bonchev–Trinajstić information content (AvgIpc) is 1.56. The number of aliphatic hydroxyl groups is 3. The molecule has 4 amide bonds. The molecule has 1 aromatic carbocycles. The number of nitrogens with two attached hydrogens (primary N) is 2. The van der Waals surface area contributed by atoms with Crippen LogP contribution in [0.5, 0.6) is 5.75 Å². The first kappa shape index (κ1) is 104. The molecular weight excluding hydrogens is 1670 g/mol. The number of aromatic hydroxyl groups is 1. The smallest absolute Gasteiger partial charge is 0.329 e. The molecule has 1 saturated carbocycles. The summed E-state index contributed by atoms with van der Waals surface area (Å²) in [5.74, 6) is -9.04. The van der Waals surface area contributed by atoms with Gasteiger partial charge in [-0.2, -0.15) is 5.10 Å². The number of piperidine rings is 1. The number of fused-ring (bicyclic) bond motifs is 5. The van der Waals surface area contributed by atoms with Crippen LogP contribution in [0.15, 0.2) is 84.4 Å². The Kier molecular flexibility index (Phi) is 43.3.